The fourth-order valence-corrected chi connectivity index (χ4v) is 2.35. The molecule has 0 aromatic heterocycles. The third-order valence-electron chi connectivity index (χ3n) is 3.26. The van der Waals surface area contributed by atoms with Gasteiger partial charge < -0.3 is 15.1 Å². The van der Waals surface area contributed by atoms with E-state index in [2.05, 4.69) is 4.90 Å². The van der Waals surface area contributed by atoms with Crippen LogP contribution in [-0.4, -0.2) is 35.4 Å². The van der Waals surface area contributed by atoms with Gasteiger partial charge in [-0.25, -0.2) is 4.79 Å². The Balaban J connectivity index is 2.25. The van der Waals surface area contributed by atoms with E-state index in [0.29, 0.717) is 5.56 Å². The highest BCUT2D eigenvalue weighted by Gasteiger charge is 2.22. The van der Waals surface area contributed by atoms with Crippen LogP contribution in [0, 0.1) is 0 Å². The minimum Gasteiger partial charge on any atom is -0.478 e. The van der Waals surface area contributed by atoms with Crippen LogP contribution in [0.15, 0.2) is 24.3 Å². The minimum absolute atomic E-state index is 0.118. The number of carboxylic acids is 1. The first-order valence-electron chi connectivity index (χ1n) is 5.93. The number of piperidine rings is 1. The van der Waals surface area contributed by atoms with Gasteiger partial charge in [-0.15, -0.1) is 0 Å². The Morgan fingerprint density at radius 1 is 1.41 bits per heavy atom. The number of hydrogen-bond acceptors (Lipinski definition) is 3. The number of aromatic carboxylic acids is 1. The maximum atomic E-state index is 10.9. The lowest BCUT2D eigenvalue weighted by atomic mass is 10.0. The van der Waals surface area contributed by atoms with Crippen molar-refractivity contribution >= 4 is 11.7 Å². The van der Waals surface area contributed by atoms with E-state index in [9.17, 15) is 9.90 Å². The van der Waals surface area contributed by atoms with Gasteiger partial charge in [0.15, 0.2) is 0 Å². The Kier molecular flexibility index (Phi) is 3.64. The molecule has 4 heteroatoms. The van der Waals surface area contributed by atoms with Gasteiger partial charge in [0.25, 0.3) is 0 Å². The summed E-state index contributed by atoms with van der Waals surface area (Å²) in [5.74, 6) is -0.913. The molecule has 0 spiro atoms. The molecule has 0 radical (unpaired) electrons. The molecular weight excluding hydrogens is 218 g/mol. The summed E-state index contributed by atoms with van der Waals surface area (Å²) in [6.45, 7) is 1.01. The maximum absolute atomic E-state index is 10.9. The molecule has 1 heterocycles. The first kappa shape index (κ1) is 11.9. The van der Waals surface area contributed by atoms with Gasteiger partial charge in [-0.05, 0) is 37.5 Å². The molecule has 2 rings (SSSR count). The van der Waals surface area contributed by atoms with Crippen LogP contribution in [0.2, 0.25) is 0 Å². The first-order chi connectivity index (χ1) is 8.22. The maximum Gasteiger partial charge on any atom is 0.335 e. The highest BCUT2D eigenvalue weighted by molar-refractivity contribution is 5.88. The second-order valence-electron chi connectivity index (χ2n) is 4.38. The molecular formula is C13H17NO3. The fourth-order valence-electron chi connectivity index (χ4n) is 2.35. The molecule has 0 amide bonds. The van der Waals surface area contributed by atoms with Crippen LogP contribution < -0.4 is 4.90 Å². The van der Waals surface area contributed by atoms with Gasteiger partial charge in [0.05, 0.1) is 18.2 Å². The molecule has 1 atom stereocenters. The lowest BCUT2D eigenvalue weighted by Crippen LogP contribution is -2.41. The molecule has 1 fully saturated rings. The van der Waals surface area contributed by atoms with Crippen molar-refractivity contribution in [3.05, 3.63) is 29.8 Å². The molecule has 0 bridgehead atoms. The van der Waals surface area contributed by atoms with Crippen molar-refractivity contribution in [2.24, 2.45) is 0 Å². The smallest absolute Gasteiger partial charge is 0.335 e. The summed E-state index contributed by atoms with van der Waals surface area (Å²) in [4.78, 5) is 13.0. The number of anilines is 1. The van der Waals surface area contributed by atoms with E-state index in [1.165, 1.54) is 0 Å². The van der Waals surface area contributed by atoms with E-state index in [0.717, 1.165) is 31.5 Å². The fraction of sp³-hybridized carbons (Fsp3) is 0.462. The zero-order valence-corrected chi connectivity index (χ0v) is 9.67. The molecule has 4 nitrogen and oxygen atoms in total. The monoisotopic (exact) mass is 235 g/mol. The van der Waals surface area contributed by atoms with E-state index in [1.54, 1.807) is 18.2 Å². The van der Waals surface area contributed by atoms with Crippen molar-refractivity contribution in [1.82, 2.24) is 0 Å². The summed E-state index contributed by atoms with van der Waals surface area (Å²) in [7, 11) is 0. The molecule has 17 heavy (non-hydrogen) atoms. The lowest BCUT2D eigenvalue weighted by Gasteiger charge is -2.36. The van der Waals surface area contributed by atoms with E-state index in [1.807, 2.05) is 6.07 Å². The van der Waals surface area contributed by atoms with Crippen LogP contribution in [0.3, 0.4) is 0 Å². The topological polar surface area (TPSA) is 60.8 Å². The SMILES string of the molecule is O=C(O)c1cccc(N2CCCCC2CO)c1. The molecule has 1 aromatic rings. The molecule has 1 aromatic carbocycles. The highest BCUT2D eigenvalue weighted by atomic mass is 16.4. The van der Waals surface area contributed by atoms with Gasteiger partial charge in [0.2, 0.25) is 0 Å². The zero-order chi connectivity index (χ0) is 12.3. The molecule has 1 aliphatic heterocycles. The number of carboxylic acid groups (broad SMARTS) is 1. The number of rotatable bonds is 3. The minimum atomic E-state index is -0.913. The summed E-state index contributed by atoms with van der Waals surface area (Å²) in [5.41, 5.74) is 1.19. The predicted molar refractivity (Wildman–Crippen MR) is 65.5 cm³/mol. The molecule has 0 saturated carbocycles. The van der Waals surface area contributed by atoms with Crippen LogP contribution in [0.25, 0.3) is 0 Å². The highest BCUT2D eigenvalue weighted by Crippen LogP contribution is 2.25. The largest absolute Gasteiger partial charge is 0.478 e. The van der Waals surface area contributed by atoms with Crippen LogP contribution >= 0.6 is 0 Å². The second-order valence-corrected chi connectivity index (χ2v) is 4.38. The first-order valence-corrected chi connectivity index (χ1v) is 5.93. The summed E-state index contributed by atoms with van der Waals surface area (Å²) < 4.78 is 0. The Bertz CT molecular complexity index is 405. The summed E-state index contributed by atoms with van der Waals surface area (Å²) >= 11 is 0. The number of carbonyl (C=O) groups is 1. The lowest BCUT2D eigenvalue weighted by molar-refractivity contribution is 0.0697. The van der Waals surface area contributed by atoms with Gasteiger partial charge in [0, 0.05) is 12.2 Å². The molecule has 92 valence electrons. The molecule has 0 aliphatic carbocycles. The number of nitrogens with zero attached hydrogens (tertiary/aromatic N) is 1. The third-order valence-corrected chi connectivity index (χ3v) is 3.26. The average Bonchev–Trinajstić information content (AvgIpc) is 2.39. The average molecular weight is 235 g/mol. The van der Waals surface area contributed by atoms with Gasteiger partial charge in [0.1, 0.15) is 0 Å². The number of hydrogen-bond donors (Lipinski definition) is 2. The van der Waals surface area contributed by atoms with Crippen molar-refractivity contribution in [1.29, 1.82) is 0 Å². The molecule has 1 saturated heterocycles. The van der Waals surface area contributed by atoms with E-state index >= 15 is 0 Å². The number of benzene rings is 1. The number of aliphatic hydroxyl groups is 1. The van der Waals surface area contributed by atoms with Crippen LogP contribution in [0.1, 0.15) is 29.6 Å². The van der Waals surface area contributed by atoms with Gasteiger partial charge in [-0.2, -0.15) is 0 Å². The predicted octanol–water partition coefficient (Wildman–Crippen LogP) is 1.74. The van der Waals surface area contributed by atoms with E-state index in [4.69, 9.17) is 5.11 Å². The van der Waals surface area contributed by atoms with Crippen LogP contribution in [0.5, 0.6) is 0 Å². The van der Waals surface area contributed by atoms with Gasteiger partial charge >= 0.3 is 5.97 Å². The van der Waals surface area contributed by atoms with Gasteiger partial charge in [-0.3, -0.25) is 0 Å². The Hall–Kier alpha value is -1.55. The third kappa shape index (κ3) is 2.58. The Morgan fingerprint density at radius 2 is 2.24 bits per heavy atom. The Labute approximate surface area is 100 Å². The molecule has 1 aliphatic rings. The quantitative estimate of drug-likeness (QED) is 0.837. The van der Waals surface area contributed by atoms with Gasteiger partial charge in [-0.1, -0.05) is 6.07 Å². The molecule has 1 unspecified atom stereocenters. The van der Waals surface area contributed by atoms with Crippen molar-refractivity contribution in [3.63, 3.8) is 0 Å². The van der Waals surface area contributed by atoms with Crippen LogP contribution in [0.4, 0.5) is 5.69 Å². The Morgan fingerprint density at radius 3 is 2.94 bits per heavy atom. The zero-order valence-electron chi connectivity index (χ0n) is 9.67. The van der Waals surface area contributed by atoms with Crippen molar-refractivity contribution in [3.8, 4) is 0 Å². The van der Waals surface area contributed by atoms with Crippen LogP contribution in [-0.2, 0) is 0 Å². The summed E-state index contributed by atoms with van der Waals surface area (Å²) in [6, 6.07) is 7.04. The van der Waals surface area contributed by atoms with Crippen molar-refractivity contribution in [2.75, 3.05) is 18.1 Å². The van der Waals surface area contributed by atoms with Crippen molar-refractivity contribution in [2.45, 2.75) is 25.3 Å². The van der Waals surface area contributed by atoms with Crippen molar-refractivity contribution < 1.29 is 15.0 Å². The van der Waals surface area contributed by atoms with E-state index in [-0.39, 0.29) is 12.6 Å². The standard InChI is InChI=1S/C13H17NO3/c15-9-12-5-1-2-7-14(12)11-6-3-4-10(8-11)13(16)17/h3-4,6,8,12,15H,1-2,5,7,9H2,(H,16,17). The van der Waals surface area contributed by atoms with E-state index < -0.39 is 5.97 Å². The normalized spacial score (nSPS) is 20.3. The number of aliphatic hydroxyl groups excluding tert-OH is 1. The summed E-state index contributed by atoms with van der Waals surface area (Å²) in [6.07, 6.45) is 3.18. The summed E-state index contributed by atoms with van der Waals surface area (Å²) in [5, 5.41) is 18.3. The molecule has 2 N–H and O–H groups in total. The second kappa shape index (κ2) is 5.19.